The number of aryl methyl sites for hydroxylation is 2. The number of hydrogen-bond donors (Lipinski definition) is 2. The predicted molar refractivity (Wildman–Crippen MR) is 126 cm³/mol. The van der Waals surface area contributed by atoms with Crippen LogP contribution in [0, 0.1) is 0 Å². The van der Waals surface area contributed by atoms with Gasteiger partial charge in [0.25, 0.3) is 0 Å². The van der Waals surface area contributed by atoms with E-state index in [0.717, 1.165) is 37.0 Å². The standard InChI is InChI=1S/C26H28N2O5/c29-24(27-23-11-7-12-25(28-23)33-26(30)31)18-15-21-13-16-22(17-14-21)32-19-6-2-5-10-20-8-3-1-4-9-20/h1,3-4,7-9,11-14,16-17H,2,5-6,10,15,18-19H2,(H,30,31)(H,27,28,29). The van der Waals surface area contributed by atoms with Crippen molar-refractivity contribution < 1.29 is 24.2 Å². The molecule has 1 amide bonds. The Hall–Kier alpha value is -3.87. The quantitative estimate of drug-likeness (QED) is 0.280. The zero-order valence-electron chi connectivity index (χ0n) is 18.4. The van der Waals surface area contributed by atoms with Gasteiger partial charge in [-0.25, -0.2) is 4.79 Å². The number of pyridine rings is 1. The lowest BCUT2D eigenvalue weighted by molar-refractivity contribution is -0.116. The second-order valence-corrected chi connectivity index (χ2v) is 7.57. The molecule has 0 fully saturated rings. The van der Waals surface area contributed by atoms with Crippen molar-refractivity contribution in [1.82, 2.24) is 4.98 Å². The molecule has 2 N–H and O–H groups in total. The van der Waals surface area contributed by atoms with E-state index in [2.05, 4.69) is 39.3 Å². The summed E-state index contributed by atoms with van der Waals surface area (Å²) < 4.78 is 10.3. The van der Waals surface area contributed by atoms with Crippen LogP contribution in [0.5, 0.6) is 11.6 Å². The largest absolute Gasteiger partial charge is 0.512 e. The SMILES string of the molecule is O=C(CCc1ccc(OCCCCCc2ccccc2)cc1)Nc1cccc(OC(=O)O)n1. The van der Waals surface area contributed by atoms with E-state index in [0.29, 0.717) is 13.0 Å². The number of nitrogens with one attached hydrogen (secondary N) is 1. The van der Waals surface area contributed by atoms with Gasteiger partial charge in [-0.05, 0) is 61.4 Å². The van der Waals surface area contributed by atoms with Crippen molar-refractivity contribution >= 4 is 17.9 Å². The fourth-order valence-corrected chi connectivity index (χ4v) is 3.29. The van der Waals surface area contributed by atoms with Crippen LogP contribution >= 0.6 is 0 Å². The summed E-state index contributed by atoms with van der Waals surface area (Å²) in [5.41, 5.74) is 2.40. The average molecular weight is 449 g/mol. The minimum absolute atomic E-state index is 0.0907. The number of unbranched alkanes of at least 4 members (excludes halogenated alkanes) is 2. The summed E-state index contributed by atoms with van der Waals surface area (Å²) in [6, 6.07) is 22.8. The summed E-state index contributed by atoms with van der Waals surface area (Å²) in [6.45, 7) is 0.689. The van der Waals surface area contributed by atoms with Crippen LogP contribution in [0.3, 0.4) is 0 Å². The van der Waals surface area contributed by atoms with Crippen LogP contribution in [0.15, 0.2) is 72.8 Å². The van der Waals surface area contributed by atoms with Gasteiger partial charge in [0, 0.05) is 12.5 Å². The van der Waals surface area contributed by atoms with Crippen LogP contribution in [0.4, 0.5) is 10.6 Å². The first-order chi connectivity index (χ1) is 16.1. The van der Waals surface area contributed by atoms with E-state index in [-0.39, 0.29) is 24.0 Å². The van der Waals surface area contributed by atoms with Crippen LogP contribution in [-0.2, 0) is 17.6 Å². The van der Waals surface area contributed by atoms with Gasteiger partial charge in [0.2, 0.25) is 11.8 Å². The molecule has 33 heavy (non-hydrogen) atoms. The smallest absolute Gasteiger partial charge is 0.494 e. The number of carbonyl (C=O) groups excluding carboxylic acids is 1. The monoisotopic (exact) mass is 448 g/mol. The number of aromatic nitrogens is 1. The molecule has 0 saturated heterocycles. The Balaban J connectivity index is 1.32. The Morgan fingerprint density at radius 2 is 1.58 bits per heavy atom. The first-order valence-corrected chi connectivity index (χ1v) is 11.0. The second-order valence-electron chi connectivity index (χ2n) is 7.57. The zero-order valence-corrected chi connectivity index (χ0v) is 18.4. The van der Waals surface area contributed by atoms with Crippen molar-refractivity contribution in [1.29, 1.82) is 0 Å². The highest BCUT2D eigenvalue weighted by atomic mass is 16.7. The summed E-state index contributed by atoms with van der Waals surface area (Å²) in [7, 11) is 0. The number of hydrogen-bond acceptors (Lipinski definition) is 5. The maximum atomic E-state index is 12.2. The highest BCUT2D eigenvalue weighted by molar-refractivity contribution is 5.89. The molecule has 172 valence electrons. The van der Waals surface area contributed by atoms with Gasteiger partial charge in [0.15, 0.2) is 0 Å². The molecule has 3 rings (SSSR count). The number of anilines is 1. The normalized spacial score (nSPS) is 10.4. The van der Waals surface area contributed by atoms with Crippen molar-refractivity contribution in [3.63, 3.8) is 0 Å². The van der Waals surface area contributed by atoms with Crippen molar-refractivity contribution in [2.75, 3.05) is 11.9 Å². The maximum absolute atomic E-state index is 12.2. The molecule has 0 aliphatic rings. The Morgan fingerprint density at radius 3 is 2.33 bits per heavy atom. The molecule has 0 atom stereocenters. The molecule has 3 aromatic rings. The Labute approximate surface area is 193 Å². The first-order valence-electron chi connectivity index (χ1n) is 11.0. The van der Waals surface area contributed by atoms with Gasteiger partial charge in [-0.2, -0.15) is 4.98 Å². The molecule has 2 aromatic carbocycles. The lowest BCUT2D eigenvalue weighted by Gasteiger charge is -2.08. The molecule has 0 saturated carbocycles. The van der Waals surface area contributed by atoms with Gasteiger partial charge in [-0.3, -0.25) is 4.79 Å². The minimum atomic E-state index is -1.46. The van der Waals surface area contributed by atoms with Crippen molar-refractivity contribution in [3.05, 3.63) is 83.9 Å². The second kappa shape index (κ2) is 12.9. The lowest BCUT2D eigenvalue weighted by Crippen LogP contribution is -2.14. The molecule has 0 spiro atoms. The molecule has 0 radical (unpaired) electrons. The topological polar surface area (TPSA) is 97.8 Å². The van der Waals surface area contributed by atoms with Gasteiger partial charge in [-0.15, -0.1) is 0 Å². The number of ether oxygens (including phenoxy) is 2. The molecule has 7 nitrogen and oxygen atoms in total. The molecule has 0 bridgehead atoms. The fraction of sp³-hybridized carbons (Fsp3) is 0.269. The highest BCUT2D eigenvalue weighted by Gasteiger charge is 2.07. The van der Waals surface area contributed by atoms with E-state index in [4.69, 9.17) is 9.84 Å². The predicted octanol–water partition coefficient (Wildman–Crippen LogP) is 5.50. The van der Waals surface area contributed by atoms with E-state index >= 15 is 0 Å². The Kier molecular flexibility index (Phi) is 9.27. The summed E-state index contributed by atoms with van der Waals surface area (Å²) in [6.07, 6.45) is 3.77. The van der Waals surface area contributed by atoms with Gasteiger partial charge in [0.05, 0.1) is 6.61 Å². The van der Waals surface area contributed by atoms with E-state index in [1.165, 1.54) is 11.6 Å². The summed E-state index contributed by atoms with van der Waals surface area (Å²) >= 11 is 0. The van der Waals surface area contributed by atoms with Crippen LogP contribution < -0.4 is 14.8 Å². The third kappa shape index (κ3) is 9.03. The van der Waals surface area contributed by atoms with E-state index in [1.807, 2.05) is 30.3 Å². The molecule has 0 aliphatic heterocycles. The highest BCUT2D eigenvalue weighted by Crippen LogP contribution is 2.16. The third-order valence-electron chi connectivity index (χ3n) is 4.97. The molecule has 0 unspecified atom stereocenters. The van der Waals surface area contributed by atoms with Gasteiger partial charge >= 0.3 is 6.16 Å². The Morgan fingerprint density at radius 1 is 0.818 bits per heavy atom. The average Bonchev–Trinajstić information content (AvgIpc) is 2.81. The molecular formula is C26H28N2O5. The Bertz CT molecular complexity index is 1020. The van der Waals surface area contributed by atoms with E-state index in [1.54, 1.807) is 12.1 Å². The summed E-state index contributed by atoms with van der Waals surface area (Å²) in [5.74, 6) is 0.759. The van der Waals surface area contributed by atoms with Crippen molar-refractivity contribution in [2.45, 2.75) is 38.5 Å². The van der Waals surface area contributed by atoms with E-state index in [9.17, 15) is 9.59 Å². The van der Waals surface area contributed by atoms with Crippen molar-refractivity contribution in [3.8, 4) is 11.6 Å². The molecule has 7 heteroatoms. The lowest BCUT2D eigenvalue weighted by atomic mass is 10.1. The van der Waals surface area contributed by atoms with Crippen LogP contribution in [0.1, 0.15) is 36.8 Å². The number of benzene rings is 2. The zero-order chi connectivity index (χ0) is 23.3. The van der Waals surface area contributed by atoms with Gasteiger partial charge < -0.3 is 19.9 Å². The van der Waals surface area contributed by atoms with Gasteiger partial charge in [0.1, 0.15) is 11.6 Å². The number of rotatable bonds is 12. The molecule has 1 heterocycles. The number of amides is 1. The maximum Gasteiger partial charge on any atom is 0.512 e. The third-order valence-corrected chi connectivity index (χ3v) is 4.97. The number of nitrogens with zero attached hydrogens (tertiary/aromatic N) is 1. The van der Waals surface area contributed by atoms with Crippen molar-refractivity contribution in [2.24, 2.45) is 0 Å². The van der Waals surface area contributed by atoms with Crippen LogP contribution in [-0.4, -0.2) is 28.8 Å². The van der Waals surface area contributed by atoms with Gasteiger partial charge in [-0.1, -0.05) is 48.5 Å². The van der Waals surface area contributed by atoms with Crippen LogP contribution in [0.2, 0.25) is 0 Å². The summed E-state index contributed by atoms with van der Waals surface area (Å²) in [5, 5.41) is 11.3. The molecular weight excluding hydrogens is 420 g/mol. The van der Waals surface area contributed by atoms with E-state index < -0.39 is 6.16 Å². The molecule has 1 aromatic heterocycles. The minimum Gasteiger partial charge on any atom is -0.494 e. The summed E-state index contributed by atoms with van der Waals surface area (Å²) in [4.78, 5) is 26.7. The number of carbonyl (C=O) groups is 2. The number of carboxylic acid groups (broad SMARTS) is 1. The van der Waals surface area contributed by atoms with Crippen LogP contribution in [0.25, 0.3) is 0 Å². The fourth-order valence-electron chi connectivity index (χ4n) is 3.29. The molecule has 0 aliphatic carbocycles. The first kappa shape index (κ1) is 23.8.